The Morgan fingerprint density at radius 2 is 2.21 bits per heavy atom. The molecule has 0 saturated heterocycles. The van der Waals surface area contributed by atoms with Gasteiger partial charge in [0, 0.05) is 6.04 Å². The van der Waals surface area contributed by atoms with Gasteiger partial charge < -0.3 is 5.11 Å². The molecule has 1 rings (SSSR count). The zero-order valence-electron chi connectivity index (χ0n) is 8.39. The maximum absolute atomic E-state index is 10.7. The first-order chi connectivity index (χ1) is 6.49. The van der Waals surface area contributed by atoms with E-state index < -0.39 is 4.92 Å². The zero-order chi connectivity index (χ0) is 10.9. The minimum atomic E-state index is -0.507. The van der Waals surface area contributed by atoms with E-state index in [1.165, 1.54) is 4.68 Å². The summed E-state index contributed by atoms with van der Waals surface area (Å²) >= 11 is 0. The third-order valence-corrected chi connectivity index (χ3v) is 1.97. The molecule has 1 aromatic heterocycles. The van der Waals surface area contributed by atoms with Gasteiger partial charge in [-0.3, -0.25) is 14.8 Å². The number of aryl methyl sites for hydroxylation is 1. The number of aliphatic hydroxyl groups excluding tert-OH is 1. The molecule has 0 amide bonds. The lowest BCUT2D eigenvalue weighted by molar-refractivity contribution is -0.386. The molecule has 1 N–H and O–H groups in total. The molecule has 0 aromatic carbocycles. The fraction of sp³-hybridized carbons (Fsp3) is 0.625. The Bertz CT molecular complexity index is 357. The van der Waals surface area contributed by atoms with Gasteiger partial charge in [0.1, 0.15) is 11.4 Å². The molecule has 0 fully saturated rings. The van der Waals surface area contributed by atoms with Gasteiger partial charge in [-0.05, 0) is 20.8 Å². The van der Waals surface area contributed by atoms with E-state index in [9.17, 15) is 10.1 Å². The van der Waals surface area contributed by atoms with Crippen LogP contribution in [0.5, 0.6) is 0 Å². The van der Waals surface area contributed by atoms with Crippen LogP contribution in [0.25, 0.3) is 0 Å². The second-order valence-electron chi connectivity index (χ2n) is 3.33. The maximum Gasteiger partial charge on any atom is 0.315 e. The Morgan fingerprint density at radius 1 is 1.64 bits per heavy atom. The topological polar surface area (TPSA) is 81.2 Å². The highest BCUT2D eigenvalue weighted by Gasteiger charge is 2.25. The van der Waals surface area contributed by atoms with Crippen LogP contribution in [-0.2, 0) is 6.61 Å². The van der Waals surface area contributed by atoms with Gasteiger partial charge in [-0.1, -0.05) is 0 Å². The number of nitrogens with zero attached hydrogens (tertiary/aromatic N) is 3. The van der Waals surface area contributed by atoms with Gasteiger partial charge in [-0.25, -0.2) is 0 Å². The molecule has 0 aliphatic carbocycles. The highest BCUT2D eigenvalue weighted by molar-refractivity contribution is 5.40. The van der Waals surface area contributed by atoms with E-state index in [2.05, 4.69) is 5.10 Å². The van der Waals surface area contributed by atoms with Crippen molar-refractivity contribution in [1.82, 2.24) is 9.78 Å². The normalized spacial score (nSPS) is 10.9. The second-order valence-corrected chi connectivity index (χ2v) is 3.33. The average molecular weight is 199 g/mol. The predicted molar refractivity (Wildman–Crippen MR) is 49.9 cm³/mol. The monoisotopic (exact) mass is 199 g/mol. The molecule has 0 aliphatic rings. The minimum Gasteiger partial charge on any atom is -0.390 e. The van der Waals surface area contributed by atoms with Gasteiger partial charge in [0.2, 0.25) is 0 Å². The maximum atomic E-state index is 10.7. The van der Waals surface area contributed by atoms with Crippen LogP contribution >= 0.6 is 0 Å². The molecule has 0 saturated carbocycles. The van der Waals surface area contributed by atoms with Crippen molar-refractivity contribution in [2.24, 2.45) is 0 Å². The number of hydrogen-bond donors (Lipinski definition) is 1. The average Bonchev–Trinajstić information content (AvgIpc) is 2.41. The van der Waals surface area contributed by atoms with Crippen molar-refractivity contribution in [1.29, 1.82) is 0 Å². The van der Waals surface area contributed by atoms with Crippen molar-refractivity contribution in [3.05, 3.63) is 21.5 Å². The van der Waals surface area contributed by atoms with Crippen LogP contribution in [0, 0.1) is 17.0 Å². The van der Waals surface area contributed by atoms with E-state index in [-0.39, 0.29) is 24.0 Å². The Labute approximate surface area is 81.3 Å². The van der Waals surface area contributed by atoms with Gasteiger partial charge >= 0.3 is 5.69 Å². The third kappa shape index (κ3) is 1.60. The molecule has 6 nitrogen and oxygen atoms in total. The van der Waals surface area contributed by atoms with E-state index in [0.717, 1.165) is 0 Å². The summed E-state index contributed by atoms with van der Waals surface area (Å²) in [4.78, 5) is 10.2. The molecule has 1 aromatic rings. The highest BCUT2D eigenvalue weighted by Crippen LogP contribution is 2.25. The summed E-state index contributed by atoms with van der Waals surface area (Å²) in [6, 6.07) is 0.00421. The van der Waals surface area contributed by atoms with Gasteiger partial charge in [-0.2, -0.15) is 5.10 Å². The molecule has 6 heteroatoms. The van der Waals surface area contributed by atoms with Crippen molar-refractivity contribution >= 4 is 5.69 Å². The van der Waals surface area contributed by atoms with Crippen molar-refractivity contribution in [3.63, 3.8) is 0 Å². The predicted octanol–water partition coefficient (Wildman–Crippen LogP) is 1.17. The molecule has 0 spiro atoms. The first-order valence-corrected chi connectivity index (χ1v) is 4.32. The van der Waals surface area contributed by atoms with E-state index in [4.69, 9.17) is 5.11 Å². The van der Waals surface area contributed by atoms with Crippen LogP contribution in [0.1, 0.15) is 31.3 Å². The number of rotatable bonds is 3. The van der Waals surface area contributed by atoms with Gasteiger partial charge in [-0.15, -0.1) is 0 Å². The van der Waals surface area contributed by atoms with Crippen LogP contribution in [0.2, 0.25) is 0 Å². The van der Waals surface area contributed by atoms with Crippen LogP contribution in [-0.4, -0.2) is 19.8 Å². The molecule has 0 bridgehead atoms. The van der Waals surface area contributed by atoms with Crippen molar-refractivity contribution in [2.45, 2.75) is 33.4 Å². The van der Waals surface area contributed by atoms with Gasteiger partial charge in [0.05, 0.1) is 11.5 Å². The van der Waals surface area contributed by atoms with E-state index >= 15 is 0 Å². The van der Waals surface area contributed by atoms with Crippen molar-refractivity contribution in [3.8, 4) is 0 Å². The first kappa shape index (κ1) is 10.6. The lowest BCUT2D eigenvalue weighted by Crippen LogP contribution is -2.08. The number of nitro groups is 1. The van der Waals surface area contributed by atoms with Crippen LogP contribution in [0.4, 0.5) is 5.69 Å². The van der Waals surface area contributed by atoms with Gasteiger partial charge in [0.15, 0.2) is 0 Å². The highest BCUT2D eigenvalue weighted by atomic mass is 16.6. The van der Waals surface area contributed by atoms with Crippen molar-refractivity contribution in [2.75, 3.05) is 0 Å². The molecule has 0 unspecified atom stereocenters. The summed E-state index contributed by atoms with van der Waals surface area (Å²) in [5, 5.41) is 23.7. The van der Waals surface area contributed by atoms with Crippen LogP contribution in [0.15, 0.2) is 0 Å². The number of aliphatic hydroxyl groups is 1. The lowest BCUT2D eigenvalue weighted by Gasteiger charge is -2.07. The smallest absolute Gasteiger partial charge is 0.315 e. The fourth-order valence-corrected chi connectivity index (χ4v) is 1.40. The molecule has 0 atom stereocenters. The standard InChI is InChI=1S/C8H13N3O3/c1-5(2)10-7(4-12)8(11(13)14)6(3)9-10/h5,12H,4H2,1-3H3. The second kappa shape index (κ2) is 3.75. The molecule has 78 valence electrons. The Kier molecular flexibility index (Phi) is 2.85. The SMILES string of the molecule is Cc1nn(C(C)C)c(CO)c1[N+](=O)[O-]. The van der Waals surface area contributed by atoms with Crippen LogP contribution < -0.4 is 0 Å². The summed E-state index contributed by atoms with van der Waals surface area (Å²) in [5.74, 6) is 0. The fourth-order valence-electron chi connectivity index (χ4n) is 1.40. The van der Waals surface area contributed by atoms with E-state index in [0.29, 0.717) is 5.69 Å². The first-order valence-electron chi connectivity index (χ1n) is 4.32. The number of hydrogen-bond acceptors (Lipinski definition) is 4. The Balaban J connectivity index is 3.35. The summed E-state index contributed by atoms with van der Waals surface area (Å²) < 4.78 is 1.48. The van der Waals surface area contributed by atoms with Crippen LogP contribution in [0.3, 0.4) is 0 Å². The summed E-state index contributed by atoms with van der Waals surface area (Å²) in [6.07, 6.45) is 0. The summed E-state index contributed by atoms with van der Waals surface area (Å²) in [6.45, 7) is 4.91. The van der Waals surface area contributed by atoms with Crippen molar-refractivity contribution < 1.29 is 10.0 Å². The largest absolute Gasteiger partial charge is 0.390 e. The molecular formula is C8H13N3O3. The molecular weight excluding hydrogens is 186 g/mol. The summed E-state index contributed by atoms with van der Waals surface area (Å²) in [7, 11) is 0. The summed E-state index contributed by atoms with van der Waals surface area (Å²) in [5.41, 5.74) is 0.524. The molecule has 0 aliphatic heterocycles. The lowest BCUT2D eigenvalue weighted by atomic mass is 10.3. The number of aromatic nitrogens is 2. The molecule has 0 radical (unpaired) electrons. The van der Waals surface area contributed by atoms with E-state index in [1.54, 1.807) is 6.92 Å². The Morgan fingerprint density at radius 3 is 2.57 bits per heavy atom. The minimum absolute atomic E-state index is 0.00421. The molecule has 1 heterocycles. The van der Waals surface area contributed by atoms with E-state index in [1.807, 2.05) is 13.8 Å². The quantitative estimate of drug-likeness (QED) is 0.585. The molecule has 14 heavy (non-hydrogen) atoms. The van der Waals surface area contributed by atoms with Gasteiger partial charge in [0.25, 0.3) is 0 Å². The third-order valence-electron chi connectivity index (χ3n) is 1.97. The Hall–Kier alpha value is -1.43. The zero-order valence-corrected chi connectivity index (χ0v) is 8.39.